The van der Waals surface area contributed by atoms with Crippen molar-refractivity contribution < 1.29 is 19.5 Å². The quantitative estimate of drug-likeness (QED) is 0.612. The SMILES string of the molecule is CC(=O)NCCC(=O)NC1(CC(=O)O)CCC1. The standard InChI is InChI=1S/C11H18N2O4/c1-8(14)12-6-3-9(15)13-11(4-2-5-11)7-10(16)17/h2-7H2,1H3,(H,12,14)(H,13,15)(H,16,17). The smallest absolute Gasteiger partial charge is 0.305 e. The molecule has 1 aliphatic carbocycles. The molecule has 0 saturated heterocycles. The summed E-state index contributed by atoms with van der Waals surface area (Å²) in [4.78, 5) is 32.8. The second-order valence-electron chi connectivity index (χ2n) is 4.49. The highest BCUT2D eigenvalue weighted by atomic mass is 16.4. The highest BCUT2D eigenvalue weighted by Crippen LogP contribution is 2.34. The molecular weight excluding hydrogens is 224 g/mol. The fourth-order valence-electron chi connectivity index (χ4n) is 1.95. The topological polar surface area (TPSA) is 95.5 Å². The fraction of sp³-hybridized carbons (Fsp3) is 0.727. The molecule has 0 aromatic heterocycles. The van der Waals surface area contributed by atoms with Crippen molar-refractivity contribution in [2.24, 2.45) is 0 Å². The van der Waals surface area contributed by atoms with Crippen molar-refractivity contribution in [1.82, 2.24) is 10.6 Å². The van der Waals surface area contributed by atoms with Crippen LogP contribution in [0.15, 0.2) is 0 Å². The summed E-state index contributed by atoms with van der Waals surface area (Å²) in [5, 5.41) is 14.1. The Morgan fingerprint density at radius 1 is 1.29 bits per heavy atom. The van der Waals surface area contributed by atoms with Gasteiger partial charge >= 0.3 is 5.97 Å². The molecule has 6 nitrogen and oxygen atoms in total. The summed E-state index contributed by atoms with van der Waals surface area (Å²) in [5.41, 5.74) is -0.556. The minimum absolute atomic E-state index is 0.0289. The average Bonchev–Trinajstić information content (AvgIpc) is 2.12. The van der Waals surface area contributed by atoms with E-state index in [9.17, 15) is 14.4 Å². The highest BCUT2D eigenvalue weighted by molar-refractivity contribution is 5.79. The zero-order valence-electron chi connectivity index (χ0n) is 9.91. The molecule has 0 aromatic rings. The first-order chi connectivity index (χ1) is 7.93. The van der Waals surface area contributed by atoms with Gasteiger partial charge in [-0.3, -0.25) is 14.4 Å². The first-order valence-electron chi connectivity index (χ1n) is 5.71. The molecule has 6 heteroatoms. The van der Waals surface area contributed by atoms with Crippen LogP contribution in [0.2, 0.25) is 0 Å². The monoisotopic (exact) mass is 242 g/mol. The van der Waals surface area contributed by atoms with E-state index in [4.69, 9.17) is 5.11 Å². The minimum atomic E-state index is -0.896. The van der Waals surface area contributed by atoms with E-state index in [1.54, 1.807) is 0 Å². The first kappa shape index (κ1) is 13.5. The van der Waals surface area contributed by atoms with E-state index >= 15 is 0 Å². The molecule has 1 fully saturated rings. The summed E-state index contributed by atoms with van der Waals surface area (Å²) in [6.07, 6.45) is 2.52. The summed E-state index contributed by atoms with van der Waals surface area (Å²) in [6, 6.07) is 0. The van der Waals surface area contributed by atoms with Crippen LogP contribution in [0.4, 0.5) is 0 Å². The molecule has 1 aliphatic rings. The van der Waals surface area contributed by atoms with Crippen LogP contribution in [0.3, 0.4) is 0 Å². The number of hydrogen-bond acceptors (Lipinski definition) is 3. The van der Waals surface area contributed by atoms with E-state index < -0.39 is 11.5 Å². The van der Waals surface area contributed by atoms with E-state index in [0.29, 0.717) is 12.8 Å². The Morgan fingerprint density at radius 2 is 1.94 bits per heavy atom. The molecule has 1 saturated carbocycles. The number of carboxylic acids is 1. The van der Waals surface area contributed by atoms with E-state index in [2.05, 4.69) is 10.6 Å². The molecule has 1 rings (SSSR count). The Labute approximate surface area is 99.8 Å². The minimum Gasteiger partial charge on any atom is -0.481 e. The molecule has 0 atom stereocenters. The molecule has 0 aromatic carbocycles. The molecule has 0 bridgehead atoms. The van der Waals surface area contributed by atoms with Crippen molar-refractivity contribution in [3.05, 3.63) is 0 Å². The third-order valence-corrected chi connectivity index (χ3v) is 2.93. The number of carboxylic acid groups (broad SMARTS) is 1. The Morgan fingerprint density at radius 3 is 2.35 bits per heavy atom. The van der Waals surface area contributed by atoms with Gasteiger partial charge in [0.05, 0.1) is 12.0 Å². The third kappa shape index (κ3) is 4.42. The van der Waals surface area contributed by atoms with Crippen LogP contribution < -0.4 is 10.6 Å². The largest absolute Gasteiger partial charge is 0.481 e. The lowest BCUT2D eigenvalue weighted by atomic mass is 9.74. The van der Waals surface area contributed by atoms with Gasteiger partial charge in [0.25, 0.3) is 0 Å². The number of aliphatic carboxylic acids is 1. The molecule has 0 unspecified atom stereocenters. The third-order valence-electron chi connectivity index (χ3n) is 2.93. The van der Waals surface area contributed by atoms with Crippen molar-refractivity contribution in [2.75, 3.05) is 6.54 Å². The molecule has 17 heavy (non-hydrogen) atoms. The van der Waals surface area contributed by atoms with Crippen LogP contribution in [0.5, 0.6) is 0 Å². The molecule has 0 aliphatic heterocycles. The van der Waals surface area contributed by atoms with Gasteiger partial charge < -0.3 is 15.7 Å². The van der Waals surface area contributed by atoms with Crippen molar-refractivity contribution in [3.63, 3.8) is 0 Å². The number of hydrogen-bond donors (Lipinski definition) is 3. The number of nitrogens with one attached hydrogen (secondary N) is 2. The lowest BCUT2D eigenvalue weighted by Crippen LogP contribution is -2.55. The fourth-order valence-corrected chi connectivity index (χ4v) is 1.95. The van der Waals surface area contributed by atoms with Gasteiger partial charge in [-0.1, -0.05) is 0 Å². The highest BCUT2D eigenvalue weighted by Gasteiger charge is 2.40. The van der Waals surface area contributed by atoms with Gasteiger partial charge in [-0.25, -0.2) is 0 Å². The van der Waals surface area contributed by atoms with E-state index in [0.717, 1.165) is 6.42 Å². The predicted octanol–water partition coefficient (Wildman–Crippen LogP) is 0.0262. The summed E-state index contributed by atoms with van der Waals surface area (Å²) in [6.45, 7) is 1.67. The maximum Gasteiger partial charge on any atom is 0.305 e. The van der Waals surface area contributed by atoms with Crippen LogP contribution in [0.25, 0.3) is 0 Å². The maximum absolute atomic E-state index is 11.6. The average molecular weight is 242 g/mol. The Kier molecular flexibility index (Phi) is 4.48. The molecule has 3 N–H and O–H groups in total. The lowest BCUT2D eigenvalue weighted by molar-refractivity contribution is -0.140. The predicted molar refractivity (Wildman–Crippen MR) is 60.3 cm³/mol. The van der Waals surface area contributed by atoms with Crippen molar-refractivity contribution in [1.29, 1.82) is 0 Å². The van der Waals surface area contributed by atoms with Gasteiger partial charge in [0, 0.05) is 19.9 Å². The number of carbonyl (C=O) groups excluding carboxylic acids is 2. The van der Waals surface area contributed by atoms with Gasteiger partial charge in [-0.15, -0.1) is 0 Å². The Balaban J connectivity index is 2.33. The molecular formula is C11H18N2O4. The summed E-state index contributed by atoms with van der Waals surface area (Å²) in [7, 11) is 0. The first-order valence-corrected chi connectivity index (χ1v) is 5.71. The maximum atomic E-state index is 11.6. The zero-order chi connectivity index (χ0) is 12.9. The summed E-state index contributed by atoms with van der Waals surface area (Å²) < 4.78 is 0. The summed E-state index contributed by atoms with van der Waals surface area (Å²) in [5.74, 6) is -1.28. The molecule has 0 heterocycles. The molecule has 0 spiro atoms. The van der Waals surface area contributed by atoms with Gasteiger partial charge in [-0.05, 0) is 19.3 Å². The van der Waals surface area contributed by atoms with E-state index in [1.807, 2.05) is 0 Å². The van der Waals surface area contributed by atoms with Crippen LogP contribution in [0, 0.1) is 0 Å². The van der Waals surface area contributed by atoms with Crippen LogP contribution in [-0.4, -0.2) is 35.0 Å². The van der Waals surface area contributed by atoms with Crippen LogP contribution >= 0.6 is 0 Å². The van der Waals surface area contributed by atoms with Crippen molar-refractivity contribution >= 4 is 17.8 Å². The lowest BCUT2D eigenvalue weighted by Gasteiger charge is -2.41. The van der Waals surface area contributed by atoms with Gasteiger partial charge in [0.1, 0.15) is 0 Å². The molecule has 96 valence electrons. The van der Waals surface area contributed by atoms with E-state index in [1.165, 1.54) is 6.92 Å². The van der Waals surface area contributed by atoms with Gasteiger partial charge in [0.15, 0.2) is 0 Å². The van der Waals surface area contributed by atoms with Crippen LogP contribution in [-0.2, 0) is 14.4 Å². The number of carbonyl (C=O) groups is 3. The second kappa shape index (κ2) is 5.65. The van der Waals surface area contributed by atoms with E-state index in [-0.39, 0.29) is 31.2 Å². The number of rotatable bonds is 6. The zero-order valence-corrected chi connectivity index (χ0v) is 9.91. The van der Waals surface area contributed by atoms with Gasteiger partial charge in [-0.2, -0.15) is 0 Å². The van der Waals surface area contributed by atoms with Crippen molar-refractivity contribution in [2.45, 2.75) is 44.6 Å². The number of amides is 2. The normalized spacial score (nSPS) is 16.8. The second-order valence-corrected chi connectivity index (χ2v) is 4.49. The Hall–Kier alpha value is -1.59. The summed E-state index contributed by atoms with van der Waals surface area (Å²) >= 11 is 0. The Bertz CT molecular complexity index is 323. The van der Waals surface area contributed by atoms with Crippen LogP contribution in [0.1, 0.15) is 39.0 Å². The van der Waals surface area contributed by atoms with Crippen molar-refractivity contribution in [3.8, 4) is 0 Å². The molecule has 2 amide bonds. The van der Waals surface area contributed by atoms with Gasteiger partial charge in [0.2, 0.25) is 11.8 Å². The molecule has 0 radical (unpaired) electrons.